The first-order valence-electron chi connectivity index (χ1n) is 8.03. The Bertz CT molecular complexity index is 591. The molecule has 0 radical (unpaired) electrons. The Kier molecular flexibility index (Phi) is 5.05. The van der Waals surface area contributed by atoms with Crippen LogP contribution in [0.3, 0.4) is 0 Å². The third kappa shape index (κ3) is 3.97. The van der Waals surface area contributed by atoms with Gasteiger partial charge in [0.25, 0.3) is 0 Å². The fourth-order valence-electron chi connectivity index (χ4n) is 3.04. The zero-order valence-corrected chi connectivity index (χ0v) is 13.0. The molecule has 4 nitrogen and oxygen atoms in total. The lowest BCUT2D eigenvalue weighted by Gasteiger charge is -2.20. The fourth-order valence-corrected chi connectivity index (χ4v) is 3.04. The molecule has 1 fully saturated rings. The fraction of sp³-hybridized carbons (Fsp3) is 0.316. The molecule has 4 heteroatoms. The average Bonchev–Trinajstić information content (AvgIpc) is 3.03. The van der Waals surface area contributed by atoms with Crippen molar-refractivity contribution < 1.29 is 9.90 Å². The van der Waals surface area contributed by atoms with E-state index in [-0.39, 0.29) is 17.9 Å². The van der Waals surface area contributed by atoms with E-state index in [1.807, 2.05) is 36.4 Å². The van der Waals surface area contributed by atoms with Crippen molar-refractivity contribution in [2.75, 3.05) is 13.1 Å². The molecular weight excluding hydrogens is 288 g/mol. The Balaban J connectivity index is 1.71. The third-order valence-corrected chi connectivity index (χ3v) is 4.31. The Morgan fingerprint density at radius 1 is 1.09 bits per heavy atom. The molecule has 120 valence electrons. The van der Waals surface area contributed by atoms with E-state index in [1.165, 1.54) is 11.1 Å². The lowest BCUT2D eigenvalue weighted by molar-refractivity contribution is -0.122. The quantitative estimate of drug-likeness (QED) is 0.787. The number of aliphatic hydroxyl groups excluding tert-OH is 1. The Morgan fingerprint density at radius 2 is 1.65 bits per heavy atom. The molecule has 3 rings (SSSR count). The summed E-state index contributed by atoms with van der Waals surface area (Å²) in [5, 5.41) is 15.6. The van der Waals surface area contributed by atoms with Crippen LogP contribution in [0.2, 0.25) is 0 Å². The number of aliphatic hydroxyl groups is 1. The van der Waals surface area contributed by atoms with Crippen molar-refractivity contribution in [2.24, 2.45) is 0 Å². The summed E-state index contributed by atoms with van der Waals surface area (Å²) in [6.45, 7) is 1.03. The number of carbonyl (C=O) groups excluding carboxylic acids is 1. The highest BCUT2D eigenvalue weighted by molar-refractivity contribution is 5.82. The van der Waals surface area contributed by atoms with Gasteiger partial charge in [0.1, 0.15) is 0 Å². The maximum absolute atomic E-state index is 12.3. The molecule has 0 bridgehead atoms. The van der Waals surface area contributed by atoms with Crippen LogP contribution < -0.4 is 10.6 Å². The van der Waals surface area contributed by atoms with E-state index in [2.05, 4.69) is 34.9 Å². The molecule has 2 aromatic rings. The summed E-state index contributed by atoms with van der Waals surface area (Å²) in [5.74, 6) is 0.0751. The van der Waals surface area contributed by atoms with E-state index in [9.17, 15) is 9.90 Å². The van der Waals surface area contributed by atoms with Gasteiger partial charge in [0.15, 0.2) is 0 Å². The highest BCUT2D eigenvalue weighted by Crippen LogP contribution is 2.23. The first kappa shape index (κ1) is 15.7. The van der Waals surface area contributed by atoms with Crippen molar-refractivity contribution in [3.05, 3.63) is 71.8 Å². The number of hydrogen-bond acceptors (Lipinski definition) is 3. The second-order valence-electron chi connectivity index (χ2n) is 5.97. The van der Waals surface area contributed by atoms with Crippen LogP contribution in [-0.4, -0.2) is 36.2 Å². The number of β-amino-alcohol motifs (C(OH)–C–C–N with tert-alkyl or cyclic N) is 1. The number of amides is 1. The van der Waals surface area contributed by atoms with Gasteiger partial charge in [0.2, 0.25) is 5.91 Å². The average molecular weight is 310 g/mol. The molecule has 1 heterocycles. The lowest BCUT2D eigenvalue weighted by atomic mass is 9.91. The summed E-state index contributed by atoms with van der Waals surface area (Å²) < 4.78 is 0. The van der Waals surface area contributed by atoms with Gasteiger partial charge >= 0.3 is 0 Å². The van der Waals surface area contributed by atoms with Crippen molar-refractivity contribution >= 4 is 5.91 Å². The van der Waals surface area contributed by atoms with Gasteiger partial charge in [0.05, 0.1) is 12.1 Å². The van der Waals surface area contributed by atoms with Crippen LogP contribution >= 0.6 is 0 Å². The normalized spacial score (nSPS) is 20.6. The van der Waals surface area contributed by atoms with Crippen LogP contribution in [0.25, 0.3) is 0 Å². The van der Waals surface area contributed by atoms with Gasteiger partial charge in [-0.15, -0.1) is 0 Å². The molecule has 1 aliphatic rings. The maximum Gasteiger partial charge on any atom is 0.237 e. The molecular formula is C19H22N2O2. The van der Waals surface area contributed by atoms with Crippen LogP contribution in [0.4, 0.5) is 0 Å². The third-order valence-electron chi connectivity index (χ3n) is 4.31. The summed E-state index contributed by atoms with van der Waals surface area (Å²) in [6, 6.07) is 20.1. The van der Waals surface area contributed by atoms with Crippen LogP contribution in [0.15, 0.2) is 60.7 Å². The predicted octanol–water partition coefficient (Wildman–Crippen LogP) is 1.66. The highest BCUT2D eigenvalue weighted by atomic mass is 16.3. The summed E-state index contributed by atoms with van der Waals surface area (Å²) in [6.07, 6.45) is 0.0532. The van der Waals surface area contributed by atoms with Crippen molar-refractivity contribution in [1.29, 1.82) is 0 Å². The van der Waals surface area contributed by atoms with Crippen molar-refractivity contribution in [3.8, 4) is 0 Å². The van der Waals surface area contributed by atoms with Gasteiger partial charge in [-0.3, -0.25) is 4.79 Å². The monoisotopic (exact) mass is 310 g/mol. The van der Waals surface area contributed by atoms with E-state index in [4.69, 9.17) is 0 Å². The maximum atomic E-state index is 12.3. The zero-order chi connectivity index (χ0) is 16.1. The molecule has 23 heavy (non-hydrogen) atoms. The Hall–Kier alpha value is -2.17. The molecule has 0 saturated carbocycles. The van der Waals surface area contributed by atoms with E-state index < -0.39 is 6.10 Å². The lowest BCUT2D eigenvalue weighted by Crippen LogP contribution is -2.42. The van der Waals surface area contributed by atoms with Crippen LogP contribution in [0.1, 0.15) is 23.5 Å². The van der Waals surface area contributed by atoms with Crippen molar-refractivity contribution in [1.82, 2.24) is 10.6 Å². The molecule has 0 aliphatic carbocycles. The molecule has 2 atom stereocenters. The van der Waals surface area contributed by atoms with Gasteiger partial charge < -0.3 is 15.7 Å². The molecule has 1 amide bonds. The van der Waals surface area contributed by atoms with Gasteiger partial charge in [-0.1, -0.05) is 60.7 Å². The molecule has 3 N–H and O–H groups in total. The number of benzene rings is 2. The molecule has 0 unspecified atom stereocenters. The number of hydrogen-bond donors (Lipinski definition) is 3. The molecule has 0 aromatic heterocycles. The summed E-state index contributed by atoms with van der Waals surface area (Å²) in [4.78, 5) is 12.3. The second kappa shape index (κ2) is 7.40. The SMILES string of the molecule is O=C(NCC(c1ccccc1)c1ccccc1)[C@H]1C[C@H](O)CN1. The van der Waals surface area contributed by atoms with Gasteiger partial charge in [-0.2, -0.15) is 0 Å². The first-order chi connectivity index (χ1) is 11.2. The summed E-state index contributed by atoms with van der Waals surface area (Å²) >= 11 is 0. The van der Waals surface area contributed by atoms with Crippen LogP contribution in [0, 0.1) is 0 Å². The van der Waals surface area contributed by atoms with E-state index in [0.717, 1.165) is 0 Å². The molecule has 1 aliphatic heterocycles. The number of carbonyl (C=O) groups is 1. The molecule has 1 saturated heterocycles. The van der Waals surface area contributed by atoms with Crippen molar-refractivity contribution in [2.45, 2.75) is 24.5 Å². The first-order valence-corrected chi connectivity index (χ1v) is 8.03. The zero-order valence-electron chi connectivity index (χ0n) is 13.0. The number of rotatable bonds is 5. The van der Waals surface area contributed by atoms with Gasteiger partial charge in [-0.25, -0.2) is 0 Å². The molecule has 2 aromatic carbocycles. The summed E-state index contributed by atoms with van der Waals surface area (Å²) in [5.41, 5.74) is 2.36. The van der Waals surface area contributed by atoms with Gasteiger partial charge in [0, 0.05) is 19.0 Å². The minimum absolute atomic E-state index is 0.0431. The van der Waals surface area contributed by atoms with Gasteiger partial charge in [-0.05, 0) is 17.5 Å². The predicted molar refractivity (Wildman–Crippen MR) is 90.2 cm³/mol. The van der Waals surface area contributed by atoms with Crippen LogP contribution in [0.5, 0.6) is 0 Å². The van der Waals surface area contributed by atoms with E-state index in [0.29, 0.717) is 19.5 Å². The second-order valence-corrected chi connectivity index (χ2v) is 5.97. The Labute approximate surface area is 136 Å². The number of nitrogens with one attached hydrogen (secondary N) is 2. The van der Waals surface area contributed by atoms with Crippen LogP contribution in [-0.2, 0) is 4.79 Å². The Morgan fingerprint density at radius 3 is 2.13 bits per heavy atom. The standard InChI is InChI=1S/C19H22N2O2/c22-16-11-18(20-12-16)19(23)21-13-17(14-7-3-1-4-8-14)15-9-5-2-6-10-15/h1-10,16-18,20,22H,11-13H2,(H,21,23)/t16-,18+/m0/s1. The summed E-state index contributed by atoms with van der Waals surface area (Å²) in [7, 11) is 0. The highest BCUT2D eigenvalue weighted by Gasteiger charge is 2.28. The minimum Gasteiger partial charge on any atom is -0.392 e. The largest absolute Gasteiger partial charge is 0.392 e. The topological polar surface area (TPSA) is 61.4 Å². The molecule has 0 spiro atoms. The smallest absolute Gasteiger partial charge is 0.237 e. The van der Waals surface area contributed by atoms with Crippen molar-refractivity contribution in [3.63, 3.8) is 0 Å². The van der Waals surface area contributed by atoms with E-state index in [1.54, 1.807) is 0 Å². The van der Waals surface area contributed by atoms with E-state index >= 15 is 0 Å². The minimum atomic E-state index is -0.426.